The number of benzene rings is 6. The van der Waals surface area contributed by atoms with Gasteiger partial charge in [-0.15, -0.1) is 0 Å². The monoisotopic (exact) mass is 926 g/mol. The molecule has 300 valence electrons. The van der Waals surface area contributed by atoms with E-state index in [9.17, 15) is 0 Å². The molecule has 0 N–H and O–H groups in total. The van der Waals surface area contributed by atoms with E-state index in [2.05, 4.69) is 175 Å². The molecule has 2 nitrogen and oxygen atoms in total. The van der Waals surface area contributed by atoms with Crippen molar-refractivity contribution in [1.82, 2.24) is 0 Å². The van der Waals surface area contributed by atoms with Crippen LogP contribution in [0.15, 0.2) is 130 Å². The summed E-state index contributed by atoms with van der Waals surface area (Å²) >= 11 is 11.3. The third kappa shape index (κ3) is 6.59. The number of hydrogen-bond donors (Lipinski definition) is 0. The van der Waals surface area contributed by atoms with Crippen LogP contribution in [0, 0.1) is 41.5 Å². The Hall–Kier alpha value is -4.44. The first kappa shape index (κ1) is 39.4. The van der Waals surface area contributed by atoms with Crippen LogP contribution >= 0.6 is 23.2 Å². The zero-order valence-electron chi connectivity index (χ0n) is 35.3. The molecule has 2 aliphatic carbocycles. The molecule has 3 aliphatic rings. The topological polar surface area (TPSA) is 26.3 Å². The van der Waals surface area contributed by atoms with E-state index in [0.29, 0.717) is 0 Å². The molecule has 0 bridgehead atoms. The number of fused-ring (bicyclic) bond motifs is 4. The Balaban J connectivity index is 1.20. The molecule has 6 aromatic carbocycles. The standard InChI is InChI=1S/2C26H21O.C3H4Cl2Si.Zr/c2*1-16-12-22-14-23(25-11-8-17(2)27-25)15-24(22)26(18(16)3)21-10-9-19-6-4-5-7-20(19)13-21;4-3(5)1-6-2-3;/h2*4-15H,1-3H3;1-2H2;. The summed E-state index contributed by atoms with van der Waals surface area (Å²) in [6, 6.07) is 46.9. The zero-order valence-corrected chi connectivity index (χ0v) is 40.3. The van der Waals surface area contributed by atoms with Crippen LogP contribution in [-0.2, 0) is 20.4 Å². The maximum atomic E-state index is 7.12. The summed E-state index contributed by atoms with van der Waals surface area (Å²) in [4.78, 5) is 0. The molecule has 8 aromatic rings. The number of furan rings is 2. The van der Waals surface area contributed by atoms with Crippen LogP contribution in [0.2, 0.25) is 12.1 Å². The molecular formula is C55H46Cl2O2SiZr. The fraction of sp³-hybridized carbons (Fsp3) is 0.200. The molecule has 2 aromatic heterocycles. The van der Waals surface area contributed by atoms with Crippen LogP contribution in [0.1, 0.15) is 74.8 Å². The van der Waals surface area contributed by atoms with Crippen LogP contribution in [0.4, 0.5) is 0 Å². The van der Waals surface area contributed by atoms with E-state index in [1.54, 1.807) is 0 Å². The normalized spacial score (nSPS) is 17.7. The number of hydrogen-bond acceptors (Lipinski definition) is 2. The van der Waals surface area contributed by atoms with E-state index in [1.807, 2.05) is 0 Å². The second kappa shape index (κ2) is 14.8. The van der Waals surface area contributed by atoms with Gasteiger partial charge in [-0.2, -0.15) is 0 Å². The second-order valence-corrected chi connectivity index (χ2v) is 34.9. The summed E-state index contributed by atoms with van der Waals surface area (Å²) in [6.45, 7) is 13.3. The Morgan fingerprint density at radius 2 is 0.951 bits per heavy atom. The Bertz CT molecular complexity index is 3050. The number of halogens is 2. The summed E-state index contributed by atoms with van der Waals surface area (Å²) in [5.74, 6) is 3.83. The van der Waals surface area contributed by atoms with E-state index in [0.717, 1.165) is 35.1 Å². The molecule has 3 heterocycles. The van der Waals surface area contributed by atoms with Crippen molar-refractivity contribution < 1.29 is 29.2 Å². The molecule has 11 rings (SSSR count). The maximum absolute atomic E-state index is 7.12. The molecule has 0 amide bonds. The fourth-order valence-corrected chi connectivity index (χ4v) is 41.8. The van der Waals surface area contributed by atoms with Gasteiger partial charge >= 0.3 is 379 Å². The Labute approximate surface area is 376 Å². The molecule has 0 radical (unpaired) electrons. The first-order chi connectivity index (χ1) is 29.4. The van der Waals surface area contributed by atoms with E-state index in [-0.39, 0.29) is 7.25 Å². The number of allylic oxidation sites excluding steroid dienone is 2. The minimum absolute atomic E-state index is 0.223. The predicted octanol–water partition coefficient (Wildman–Crippen LogP) is 16.1. The second-order valence-electron chi connectivity index (χ2n) is 17.7. The summed E-state index contributed by atoms with van der Waals surface area (Å²) in [6.07, 6.45) is 5.03. The quantitative estimate of drug-likeness (QED) is 0.123. The van der Waals surface area contributed by atoms with Gasteiger partial charge in [0.15, 0.2) is 0 Å². The summed E-state index contributed by atoms with van der Waals surface area (Å²) in [5, 5.41) is 5.02. The van der Waals surface area contributed by atoms with E-state index in [1.165, 1.54) is 99.5 Å². The number of rotatable bonds is 6. The van der Waals surface area contributed by atoms with Crippen LogP contribution < -0.4 is 0 Å². The Morgan fingerprint density at radius 3 is 1.34 bits per heavy atom. The van der Waals surface area contributed by atoms with Gasteiger partial charge in [-0.05, 0) is 0 Å². The number of alkyl halides is 2. The predicted molar refractivity (Wildman–Crippen MR) is 256 cm³/mol. The SMILES string of the molecule is Cc1ccc(C2=Cc3c(cc(C)c(C)c3-c3ccc4ccccc4c3)[CH]2[Zr]([CH]2C(c3ccc(C)o3)=Cc3c2cc(C)c(C)c3-c2ccc3ccccc3c2)=[Si]2CC(Cl)(Cl)C2)o1. The van der Waals surface area contributed by atoms with E-state index in [4.69, 9.17) is 32.0 Å². The van der Waals surface area contributed by atoms with Gasteiger partial charge in [0.25, 0.3) is 0 Å². The molecule has 2 atom stereocenters. The average Bonchev–Trinajstić information content (AvgIpc) is 4.04. The van der Waals surface area contributed by atoms with Crippen LogP contribution in [0.3, 0.4) is 0 Å². The van der Waals surface area contributed by atoms with Crippen molar-refractivity contribution in [3.8, 4) is 22.3 Å². The molecule has 0 saturated carbocycles. The third-order valence-electron chi connectivity index (χ3n) is 13.8. The van der Waals surface area contributed by atoms with Gasteiger partial charge in [-0.1, -0.05) is 0 Å². The minimum atomic E-state index is -2.97. The molecular weight excluding hydrogens is 883 g/mol. The average molecular weight is 929 g/mol. The van der Waals surface area contributed by atoms with Crippen LogP contribution in [0.25, 0.3) is 67.1 Å². The molecule has 1 fully saturated rings. The molecule has 1 aliphatic heterocycles. The summed E-state index contributed by atoms with van der Waals surface area (Å²) in [7, 11) is 0. The fourth-order valence-electron chi connectivity index (χ4n) is 10.6. The molecule has 0 spiro atoms. The van der Waals surface area contributed by atoms with Crippen molar-refractivity contribution in [1.29, 1.82) is 0 Å². The third-order valence-corrected chi connectivity index (χ3v) is 36.2. The number of aryl methyl sites for hydroxylation is 4. The van der Waals surface area contributed by atoms with Crippen molar-refractivity contribution in [2.45, 2.75) is 65.2 Å². The molecule has 6 heteroatoms. The summed E-state index contributed by atoms with van der Waals surface area (Å²) < 4.78 is 13.2. The Kier molecular flexibility index (Phi) is 9.59. The van der Waals surface area contributed by atoms with Gasteiger partial charge in [-0.25, -0.2) is 0 Å². The molecule has 1 saturated heterocycles. The van der Waals surface area contributed by atoms with Crippen molar-refractivity contribution in [2.24, 2.45) is 0 Å². The van der Waals surface area contributed by atoms with Gasteiger partial charge in [0.05, 0.1) is 0 Å². The van der Waals surface area contributed by atoms with E-state index >= 15 is 0 Å². The van der Waals surface area contributed by atoms with Gasteiger partial charge in [0, 0.05) is 0 Å². The zero-order chi connectivity index (χ0) is 41.9. The van der Waals surface area contributed by atoms with Gasteiger partial charge in [0.1, 0.15) is 0 Å². The van der Waals surface area contributed by atoms with Gasteiger partial charge < -0.3 is 0 Å². The Morgan fingerprint density at radius 1 is 0.525 bits per heavy atom. The van der Waals surface area contributed by atoms with Crippen molar-refractivity contribution in [3.63, 3.8) is 0 Å². The van der Waals surface area contributed by atoms with Crippen molar-refractivity contribution >= 4 is 73.5 Å². The van der Waals surface area contributed by atoms with Gasteiger partial charge in [0.2, 0.25) is 0 Å². The molecule has 61 heavy (non-hydrogen) atoms. The first-order valence-electron chi connectivity index (χ1n) is 21.4. The van der Waals surface area contributed by atoms with Gasteiger partial charge in [-0.3, -0.25) is 0 Å². The van der Waals surface area contributed by atoms with Crippen LogP contribution in [0.5, 0.6) is 0 Å². The summed E-state index contributed by atoms with van der Waals surface area (Å²) in [5.41, 5.74) is 17.7. The van der Waals surface area contributed by atoms with E-state index < -0.39 is 30.1 Å². The molecule has 2 unspecified atom stereocenters. The first-order valence-corrected chi connectivity index (χ1v) is 30.5. The van der Waals surface area contributed by atoms with Crippen molar-refractivity contribution in [3.05, 3.63) is 189 Å². The van der Waals surface area contributed by atoms with Crippen molar-refractivity contribution in [2.75, 3.05) is 0 Å². The van der Waals surface area contributed by atoms with Crippen LogP contribution in [-0.4, -0.2) is 9.77 Å².